The van der Waals surface area contributed by atoms with Crippen molar-refractivity contribution in [2.24, 2.45) is 0 Å². The van der Waals surface area contributed by atoms with Crippen molar-refractivity contribution in [2.45, 2.75) is 25.4 Å². The lowest BCUT2D eigenvalue weighted by Gasteiger charge is -2.22. The number of carbonyl (C=O) groups is 2. The molecule has 0 bridgehead atoms. The molecule has 1 atom stereocenters. The molecule has 2 aromatic rings. The number of ether oxygens (including phenoxy) is 1. The van der Waals surface area contributed by atoms with Gasteiger partial charge in [-0.1, -0.05) is 24.3 Å². The Morgan fingerprint density at radius 3 is 2.41 bits per heavy atom. The summed E-state index contributed by atoms with van der Waals surface area (Å²) in [6.45, 7) is 1.23. The molecule has 11 heteroatoms. The summed E-state index contributed by atoms with van der Waals surface area (Å²) in [6.07, 6.45) is -4.83. The minimum atomic E-state index is -4.83. The summed E-state index contributed by atoms with van der Waals surface area (Å²) in [4.78, 5) is 36.5. The van der Waals surface area contributed by atoms with E-state index in [2.05, 4.69) is 10.1 Å². The Labute approximate surface area is 162 Å². The maximum atomic E-state index is 12.9. The number of carbonyl (C=O) groups excluding carboxylic acids is 2. The molecule has 3 rings (SSSR count). The predicted molar refractivity (Wildman–Crippen MR) is 92.7 cm³/mol. The highest BCUT2D eigenvalue weighted by atomic mass is 19.4. The Bertz CT molecular complexity index is 977. The first kappa shape index (κ1) is 20.1. The summed E-state index contributed by atoms with van der Waals surface area (Å²) in [5.74, 6) is -1.07. The fourth-order valence-electron chi connectivity index (χ4n) is 2.95. The number of hydrogen-bond donors (Lipinski definition) is 1. The van der Waals surface area contributed by atoms with Crippen LogP contribution in [0.15, 0.2) is 48.5 Å². The third-order valence-corrected chi connectivity index (χ3v) is 4.41. The molecule has 1 aliphatic rings. The van der Waals surface area contributed by atoms with Crippen molar-refractivity contribution < 1.29 is 32.4 Å². The van der Waals surface area contributed by atoms with E-state index < -0.39 is 34.5 Å². The molecule has 1 heterocycles. The molecule has 1 N–H and O–H groups in total. The molecule has 0 spiro atoms. The Balaban J connectivity index is 1.80. The first-order chi connectivity index (χ1) is 13.5. The fraction of sp³-hybridized carbons (Fsp3) is 0.222. The average Bonchev–Trinajstić information content (AvgIpc) is 2.86. The maximum Gasteiger partial charge on any atom is 0.573 e. The van der Waals surface area contributed by atoms with Crippen molar-refractivity contribution >= 4 is 17.6 Å². The van der Waals surface area contributed by atoms with E-state index in [1.165, 1.54) is 43.3 Å². The molecule has 1 fully saturated rings. The van der Waals surface area contributed by atoms with E-state index in [4.69, 9.17) is 0 Å². The van der Waals surface area contributed by atoms with Crippen molar-refractivity contribution in [3.05, 3.63) is 69.8 Å². The molecule has 2 aromatic carbocycles. The van der Waals surface area contributed by atoms with Crippen LogP contribution in [-0.4, -0.2) is 28.1 Å². The Kier molecular flexibility index (Phi) is 4.91. The normalized spacial score (nSPS) is 19.2. The van der Waals surface area contributed by atoms with Crippen LogP contribution in [0.4, 0.5) is 23.7 Å². The average molecular weight is 409 g/mol. The number of halogens is 3. The van der Waals surface area contributed by atoms with Crippen LogP contribution in [0.25, 0.3) is 0 Å². The highest BCUT2D eigenvalue weighted by Crippen LogP contribution is 2.32. The van der Waals surface area contributed by atoms with Crippen LogP contribution in [-0.2, 0) is 16.9 Å². The van der Waals surface area contributed by atoms with Crippen LogP contribution in [0.2, 0.25) is 0 Å². The van der Waals surface area contributed by atoms with Gasteiger partial charge in [0, 0.05) is 12.1 Å². The van der Waals surface area contributed by atoms with E-state index in [0.29, 0.717) is 5.56 Å². The van der Waals surface area contributed by atoms with Gasteiger partial charge in [-0.25, -0.2) is 4.79 Å². The molecule has 0 aromatic heterocycles. The first-order valence-electron chi connectivity index (χ1n) is 8.23. The number of nitro benzene ring substituents is 1. The molecule has 1 saturated heterocycles. The predicted octanol–water partition coefficient (Wildman–Crippen LogP) is 3.46. The number of urea groups is 1. The molecular formula is C18H14F3N3O5. The lowest BCUT2D eigenvalue weighted by molar-refractivity contribution is -0.385. The van der Waals surface area contributed by atoms with Crippen LogP contribution in [0.3, 0.4) is 0 Å². The number of nitro groups is 1. The molecule has 1 aliphatic heterocycles. The van der Waals surface area contributed by atoms with Crippen LogP contribution in [0.5, 0.6) is 5.75 Å². The van der Waals surface area contributed by atoms with Gasteiger partial charge in [0.05, 0.1) is 11.5 Å². The standard InChI is InChI=1S/C18H14F3N3O5/c1-17(12-3-2-4-13(9-12)24(27)28)15(25)23(16(26)22-17)10-11-5-7-14(8-6-11)29-18(19,20)21/h2-9H,10H2,1H3,(H,22,26)/t17-/m0/s1. The monoisotopic (exact) mass is 409 g/mol. The molecular weight excluding hydrogens is 395 g/mol. The minimum Gasteiger partial charge on any atom is -0.406 e. The first-order valence-corrected chi connectivity index (χ1v) is 8.23. The second kappa shape index (κ2) is 7.08. The van der Waals surface area contributed by atoms with E-state index >= 15 is 0 Å². The van der Waals surface area contributed by atoms with Crippen molar-refractivity contribution in [1.29, 1.82) is 0 Å². The second-order valence-electron chi connectivity index (χ2n) is 6.45. The Morgan fingerprint density at radius 1 is 1.17 bits per heavy atom. The zero-order valence-corrected chi connectivity index (χ0v) is 14.9. The van der Waals surface area contributed by atoms with Crippen molar-refractivity contribution in [3.63, 3.8) is 0 Å². The number of imide groups is 1. The highest BCUT2D eigenvalue weighted by Gasteiger charge is 2.49. The zero-order chi connectivity index (χ0) is 21.4. The highest BCUT2D eigenvalue weighted by molar-refractivity contribution is 6.07. The molecule has 29 heavy (non-hydrogen) atoms. The van der Waals surface area contributed by atoms with Crippen LogP contribution in [0, 0.1) is 10.1 Å². The van der Waals surface area contributed by atoms with Gasteiger partial charge in [-0.15, -0.1) is 13.2 Å². The third kappa shape index (κ3) is 4.13. The van der Waals surface area contributed by atoms with Gasteiger partial charge in [0.1, 0.15) is 11.3 Å². The van der Waals surface area contributed by atoms with Gasteiger partial charge < -0.3 is 10.1 Å². The van der Waals surface area contributed by atoms with E-state index in [-0.39, 0.29) is 17.8 Å². The lowest BCUT2D eigenvalue weighted by Crippen LogP contribution is -2.40. The molecule has 152 valence electrons. The van der Waals surface area contributed by atoms with Crippen LogP contribution < -0.4 is 10.1 Å². The van der Waals surface area contributed by atoms with Gasteiger partial charge in [0.15, 0.2) is 0 Å². The minimum absolute atomic E-state index is 0.193. The molecule has 0 radical (unpaired) electrons. The zero-order valence-electron chi connectivity index (χ0n) is 14.9. The number of alkyl halides is 3. The van der Waals surface area contributed by atoms with Gasteiger partial charge in [-0.2, -0.15) is 0 Å². The Hall–Kier alpha value is -3.63. The number of nitrogens with zero attached hydrogens (tertiary/aromatic N) is 2. The molecule has 0 saturated carbocycles. The number of amides is 3. The van der Waals surface area contributed by atoms with Crippen molar-refractivity contribution in [1.82, 2.24) is 10.2 Å². The second-order valence-corrected chi connectivity index (χ2v) is 6.45. The van der Waals surface area contributed by atoms with Crippen molar-refractivity contribution in [2.75, 3.05) is 0 Å². The van der Waals surface area contributed by atoms with Crippen LogP contribution >= 0.6 is 0 Å². The molecule has 0 aliphatic carbocycles. The number of non-ortho nitro benzene ring substituents is 1. The smallest absolute Gasteiger partial charge is 0.406 e. The molecule has 8 nitrogen and oxygen atoms in total. The van der Waals surface area contributed by atoms with Gasteiger partial charge in [-0.05, 0) is 30.2 Å². The summed E-state index contributed by atoms with van der Waals surface area (Å²) >= 11 is 0. The number of benzene rings is 2. The fourth-order valence-corrected chi connectivity index (χ4v) is 2.95. The largest absolute Gasteiger partial charge is 0.573 e. The summed E-state index contributed by atoms with van der Waals surface area (Å²) in [6, 6.07) is 9.36. The summed E-state index contributed by atoms with van der Waals surface area (Å²) in [5.41, 5.74) is -1.11. The topological polar surface area (TPSA) is 102 Å². The van der Waals surface area contributed by atoms with E-state index in [1.54, 1.807) is 0 Å². The van der Waals surface area contributed by atoms with E-state index in [0.717, 1.165) is 17.0 Å². The van der Waals surface area contributed by atoms with Crippen LogP contribution in [0.1, 0.15) is 18.1 Å². The lowest BCUT2D eigenvalue weighted by atomic mass is 9.91. The summed E-state index contributed by atoms with van der Waals surface area (Å²) in [5, 5.41) is 13.5. The van der Waals surface area contributed by atoms with E-state index in [9.17, 15) is 32.9 Å². The molecule has 0 unspecified atom stereocenters. The quantitative estimate of drug-likeness (QED) is 0.463. The number of rotatable bonds is 5. The number of nitrogens with one attached hydrogen (secondary N) is 1. The van der Waals surface area contributed by atoms with Gasteiger partial charge >= 0.3 is 12.4 Å². The van der Waals surface area contributed by atoms with Gasteiger partial charge in [-0.3, -0.25) is 19.8 Å². The van der Waals surface area contributed by atoms with Gasteiger partial charge in [0.2, 0.25) is 0 Å². The maximum absolute atomic E-state index is 12.9. The molecule has 3 amide bonds. The SMILES string of the molecule is C[C@@]1(c2cccc([N+](=O)[O-])c2)NC(=O)N(Cc2ccc(OC(F)(F)F)cc2)C1=O. The number of hydrogen-bond acceptors (Lipinski definition) is 5. The van der Waals surface area contributed by atoms with Crippen molar-refractivity contribution in [3.8, 4) is 5.75 Å². The van der Waals surface area contributed by atoms with E-state index in [1.807, 2.05) is 0 Å². The summed E-state index contributed by atoms with van der Waals surface area (Å²) in [7, 11) is 0. The summed E-state index contributed by atoms with van der Waals surface area (Å²) < 4.78 is 40.5. The third-order valence-electron chi connectivity index (χ3n) is 4.41. The Morgan fingerprint density at radius 2 is 1.83 bits per heavy atom. The van der Waals surface area contributed by atoms with Gasteiger partial charge in [0.25, 0.3) is 11.6 Å².